The molecule has 1 aliphatic carbocycles. The predicted molar refractivity (Wildman–Crippen MR) is 107 cm³/mol. The Morgan fingerprint density at radius 2 is 2.20 bits per heavy atom. The molecule has 7 nitrogen and oxygen atoms in total. The Hall–Kier alpha value is -0.900. The summed E-state index contributed by atoms with van der Waals surface area (Å²) in [5, 5.41) is 7.38. The third kappa shape index (κ3) is 4.84. The number of halogens is 1. The third-order valence-electron chi connectivity index (χ3n) is 5.12. The van der Waals surface area contributed by atoms with Crippen LogP contribution < -0.4 is 5.32 Å². The highest BCUT2D eigenvalue weighted by atomic mass is 127. The summed E-state index contributed by atoms with van der Waals surface area (Å²) in [5.41, 5.74) is 0.556. The van der Waals surface area contributed by atoms with E-state index in [4.69, 9.17) is 14.3 Å². The summed E-state index contributed by atoms with van der Waals surface area (Å²) in [5.74, 6) is 2.07. The Morgan fingerprint density at radius 3 is 2.80 bits per heavy atom. The van der Waals surface area contributed by atoms with E-state index < -0.39 is 0 Å². The Balaban J connectivity index is 0.00000225. The normalized spacial score (nSPS) is 20.3. The second-order valence-electron chi connectivity index (χ2n) is 6.84. The number of rotatable bonds is 6. The molecule has 1 saturated carbocycles. The minimum atomic E-state index is -0.151. The maximum Gasteiger partial charge on any atom is 0.248 e. The van der Waals surface area contributed by atoms with Crippen LogP contribution in [0.5, 0.6) is 0 Å². The highest BCUT2D eigenvalue weighted by molar-refractivity contribution is 14.0. The maximum absolute atomic E-state index is 5.49. The topological polar surface area (TPSA) is 75.8 Å². The number of hydrogen-bond donors (Lipinski definition) is 1. The van der Waals surface area contributed by atoms with Gasteiger partial charge in [0.25, 0.3) is 0 Å². The number of hydrogen-bond acceptors (Lipinski definition) is 5. The first-order chi connectivity index (χ1) is 11.7. The number of nitrogens with one attached hydrogen (secondary N) is 1. The van der Waals surface area contributed by atoms with Gasteiger partial charge in [0.15, 0.2) is 11.8 Å². The fraction of sp³-hybridized carbons (Fsp3) is 0.824. The minimum absolute atomic E-state index is 0. The lowest BCUT2D eigenvalue weighted by atomic mass is 9.68. The lowest BCUT2D eigenvalue weighted by molar-refractivity contribution is 0.0683. The summed E-state index contributed by atoms with van der Waals surface area (Å²) in [6.45, 7) is 10.1. The zero-order valence-electron chi connectivity index (χ0n) is 15.5. The minimum Gasteiger partial charge on any atom is -0.371 e. The van der Waals surface area contributed by atoms with Gasteiger partial charge in [0.1, 0.15) is 12.6 Å². The molecule has 0 bridgehead atoms. The summed E-state index contributed by atoms with van der Waals surface area (Å²) < 4.78 is 10.8. The lowest BCUT2D eigenvalue weighted by Gasteiger charge is -2.38. The molecule has 0 aromatic carbocycles. The zero-order valence-corrected chi connectivity index (χ0v) is 17.8. The molecule has 0 amide bonds. The third-order valence-corrected chi connectivity index (χ3v) is 5.12. The number of aromatic nitrogens is 2. The van der Waals surface area contributed by atoms with Crippen molar-refractivity contribution in [2.24, 2.45) is 10.4 Å². The van der Waals surface area contributed by atoms with E-state index >= 15 is 0 Å². The molecule has 2 aliphatic rings. The molecule has 1 unspecified atom stereocenters. The van der Waals surface area contributed by atoms with Crippen molar-refractivity contribution < 1.29 is 9.26 Å². The summed E-state index contributed by atoms with van der Waals surface area (Å²) in [7, 11) is 0. The van der Waals surface area contributed by atoms with Crippen molar-refractivity contribution in [3.63, 3.8) is 0 Å². The molecule has 25 heavy (non-hydrogen) atoms. The first-order valence-electron chi connectivity index (χ1n) is 9.13. The van der Waals surface area contributed by atoms with Crippen molar-refractivity contribution in [3.8, 4) is 0 Å². The van der Waals surface area contributed by atoms with E-state index in [0.29, 0.717) is 30.3 Å². The van der Waals surface area contributed by atoms with Crippen LogP contribution in [0.3, 0.4) is 0 Å². The van der Waals surface area contributed by atoms with Gasteiger partial charge in [0.05, 0.1) is 0 Å². The molecule has 8 heteroatoms. The standard InChI is InChI=1S/C17H29N5O2.HI/c1-4-18-16(22-10-9-17(12-22)7-6-8-17)19-11-14-20-15(21-24-14)13(3)23-5-2;/h13H,4-12H2,1-3H3,(H,18,19);1H. The first-order valence-corrected chi connectivity index (χ1v) is 9.13. The van der Waals surface area contributed by atoms with Gasteiger partial charge >= 0.3 is 0 Å². The molecular weight excluding hydrogens is 433 g/mol. The van der Waals surface area contributed by atoms with Crippen molar-refractivity contribution in [1.29, 1.82) is 0 Å². The smallest absolute Gasteiger partial charge is 0.248 e. The van der Waals surface area contributed by atoms with Crippen LogP contribution in [0.1, 0.15) is 64.3 Å². The first kappa shape index (κ1) is 20.4. The van der Waals surface area contributed by atoms with Crippen molar-refractivity contribution in [2.75, 3.05) is 26.2 Å². The van der Waals surface area contributed by atoms with Crippen molar-refractivity contribution in [1.82, 2.24) is 20.4 Å². The highest BCUT2D eigenvalue weighted by Crippen LogP contribution is 2.47. The molecule has 2 heterocycles. The molecule has 2 fully saturated rings. The van der Waals surface area contributed by atoms with Gasteiger partial charge in [-0.05, 0) is 45.4 Å². The molecule has 1 aromatic heterocycles. The van der Waals surface area contributed by atoms with Crippen LogP contribution in [0.25, 0.3) is 0 Å². The Labute approximate surface area is 167 Å². The van der Waals surface area contributed by atoms with Gasteiger partial charge in [-0.3, -0.25) is 0 Å². The van der Waals surface area contributed by atoms with Gasteiger partial charge in [0.2, 0.25) is 5.89 Å². The van der Waals surface area contributed by atoms with Gasteiger partial charge in [0, 0.05) is 26.2 Å². The fourth-order valence-electron chi connectivity index (χ4n) is 3.59. The summed E-state index contributed by atoms with van der Waals surface area (Å²) in [6, 6.07) is 0. The second-order valence-corrected chi connectivity index (χ2v) is 6.84. The van der Waals surface area contributed by atoms with Crippen LogP contribution in [-0.2, 0) is 11.3 Å². The van der Waals surface area contributed by atoms with Crippen molar-refractivity contribution in [2.45, 2.75) is 59.1 Å². The molecule has 3 rings (SSSR count). The largest absolute Gasteiger partial charge is 0.371 e. The second kappa shape index (κ2) is 9.16. The Kier molecular flexibility index (Phi) is 7.48. The molecule has 1 aliphatic heterocycles. The van der Waals surface area contributed by atoms with Gasteiger partial charge in [-0.25, -0.2) is 4.99 Å². The number of guanidine groups is 1. The predicted octanol–water partition coefficient (Wildman–Crippen LogP) is 3.13. The fourth-order valence-corrected chi connectivity index (χ4v) is 3.59. The highest BCUT2D eigenvalue weighted by Gasteiger charge is 2.43. The zero-order chi connectivity index (χ0) is 17.0. The molecule has 1 saturated heterocycles. The van der Waals surface area contributed by atoms with E-state index in [1.165, 1.54) is 25.7 Å². The summed E-state index contributed by atoms with van der Waals surface area (Å²) in [4.78, 5) is 11.5. The Morgan fingerprint density at radius 1 is 1.40 bits per heavy atom. The monoisotopic (exact) mass is 463 g/mol. The van der Waals surface area contributed by atoms with Gasteiger partial charge < -0.3 is 19.5 Å². The SMILES string of the molecule is CCNC(=NCc1nc(C(C)OCC)no1)N1CCC2(CCC2)C1.I. The molecule has 1 spiro atoms. The van der Waals surface area contributed by atoms with Crippen LogP contribution in [0, 0.1) is 5.41 Å². The van der Waals surface area contributed by atoms with E-state index in [1.807, 2.05) is 13.8 Å². The van der Waals surface area contributed by atoms with Gasteiger partial charge in [-0.15, -0.1) is 24.0 Å². The maximum atomic E-state index is 5.49. The van der Waals surface area contributed by atoms with Crippen LogP contribution in [0.4, 0.5) is 0 Å². The van der Waals surface area contributed by atoms with Crippen LogP contribution in [0.15, 0.2) is 9.52 Å². The van der Waals surface area contributed by atoms with E-state index in [2.05, 4.69) is 27.3 Å². The van der Waals surface area contributed by atoms with Crippen LogP contribution >= 0.6 is 24.0 Å². The van der Waals surface area contributed by atoms with Gasteiger partial charge in [-0.2, -0.15) is 4.98 Å². The van der Waals surface area contributed by atoms with E-state index in [-0.39, 0.29) is 30.1 Å². The molecular formula is C17H30IN5O2. The number of ether oxygens (including phenoxy) is 1. The molecule has 142 valence electrons. The molecule has 1 aromatic rings. The van der Waals surface area contributed by atoms with Gasteiger partial charge in [-0.1, -0.05) is 11.6 Å². The number of likely N-dealkylation sites (tertiary alicyclic amines) is 1. The van der Waals surface area contributed by atoms with E-state index in [0.717, 1.165) is 25.6 Å². The summed E-state index contributed by atoms with van der Waals surface area (Å²) >= 11 is 0. The molecule has 0 radical (unpaired) electrons. The van der Waals surface area contributed by atoms with E-state index in [1.54, 1.807) is 0 Å². The lowest BCUT2D eigenvalue weighted by Crippen LogP contribution is -2.42. The van der Waals surface area contributed by atoms with Crippen LogP contribution in [-0.4, -0.2) is 47.2 Å². The molecule has 1 atom stereocenters. The van der Waals surface area contributed by atoms with Crippen molar-refractivity contribution >= 4 is 29.9 Å². The average Bonchev–Trinajstić information content (AvgIpc) is 3.18. The quantitative estimate of drug-likeness (QED) is 0.397. The van der Waals surface area contributed by atoms with Crippen molar-refractivity contribution in [3.05, 3.63) is 11.7 Å². The average molecular weight is 463 g/mol. The number of nitrogens with zero attached hydrogens (tertiary/aromatic N) is 4. The van der Waals surface area contributed by atoms with Crippen LogP contribution in [0.2, 0.25) is 0 Å². The Bertz CT molecular complexity index is 573. The van der Waals surface area contributed by atoms with E-state index in [9.17, 15) is 0 Å². The summed E-state index contributed by atoms with van der Waals surface area (Å²) in [6.07, 6.45) is 5.25. The molecule has 1 N–H and O–H groups in total. The number of aliphatic imine (C=N–C) groups is 1.